The van der Waals surface area contributed by atoms with Crippen molar-refractivity contribution in [1.29, 1.82) is 0 Å². The number of hydrogen-bond acceptors (Lipinski definition) is 1. The molecule has 2 nitrogen and oxygen atoms in total. The minimum absolute atomic E-state index is 0.00486. The van der Waals surface area contributed by atoms with Gasteiger partial charge in [0.25, 0.3) is 0 Å². The largest absolute Gasteiger partial charge is 0.449 e. The van der Waals surface area contributed by atoms with Gasteiger partial charge in [-0.3, -0.25) is 0 Å². The monoisotopic (exact) mass is 220 g/mol. The van der Waals surface area contributed by atoms with Crippen LogP contribution >= 0.6 is 0 Å². The SMILES string of the molecule is CC(C)c1nc(C(F)(F)F)[nH]c1C(C)C. The van der Waals surface area contributed by atoms with Crippen LogP contribution in [0.2, 0.25) is 0 Å². The highest BCUT2D eigenvalue weighted by molar-refractivity contribution is 5.22. The van der Waals surface area contributed by atoms with E-state index in [0.717, 1.165) is 0 Å². The zero-order valence-corrected chi connectivity index (χ0v) is 9.24. The third kappa shape index (κ3) is 2.52. The Morgan fingerprint density at radius 1 is 1.07 bits per heavy atom. The quantitative estimate of drug-likeness (QED) is 0.809. The summed E-state index contributed by atoms with van der Waals surface area (Å²) >= 11 is 0. The van der Waals surface area contributed by atoms with E-state index in [0.29, 0.717) is 11.4 Å². The molecule has 1 aromatic heterocycles. The lowest BCUT2D eigenvalue weighted by molar-refractivity contribution is -0.144. The molecule has 0 aliphatic heterocycles. The first-order chi connectivity index (χ1) is 6.73. The molecular weight excluding hydrogens is 205 g/mol. The van der Waals surface area contributed by atoms with Crippen molar-refractivity contribution in [1.82, 2.24) is 9.97 Å². The summed E-state index contributed by atoms with van der Waals surface area (Å²) in [4.78, 5) is 5.99. The molecular formula is C10H15F3N2. The zero-order chi connectivity index (χ0) is 11.8. The first-order valence-electron chi connectivity index (χ1n) is 4.90. The van der Waals surface area contributed by atoms with Gasteiger partial charge in [0, 0.05) is 5.69 Å². The first-order valence-corrected chi connectivity index (χ1v) is 4.90. The Kier molecular flexibility index (Phi) is 3.11. The molecule has 86 valence electrons. The molecule has 0 saturated carbocycles. The third-order valence-electron chi connectivity index (χ3n) is 2.15. The summed E-state index contributed by atoms with van der Waals surface area (Å²) in [6.45, 7) is 7.36. The summed E-state index contributed by atoms with van der Waals surface area (Å²) in [5, 5.41) is 0. The lowest BCUT2D eigenvalue weighted by Crippen LogP contribution is -2.07. The molecule has 0 unspecified atom stereocenters. The zero-order valence-electron chi connectivity index (χ0n) is 9.24. The van der Waals surface area contributed by atoms with Crippen LogP contribution in [0.1, 0.15) is 56.7 Å². The lowest BCUT2D eigenvalue weighted by Gasteiger charge is -2.07. The lowest BCUT2D eigenvalue weighted by atomic mass is 10.0. The van der Waals surface area contributed by atoms with Crippen molar-refractivity contribution < 1.29 is 13.2 Å². The van der Waals surface area contributed by atoms with Crippen LogP contribution in [0.5, 0.6) is 0 Å². The summed E-state index contributed by atoms with van der Waals surface area (Å²) in [5.74, 6) is -0.879. The molecule has 0 spiro atoms. The van der Waals surface area contributed by atoms with Gasteiger partial charge in [-0.25, -0.2) is 4.98 Å². The van der Waals surface area contributed by atoms with Gasteiger partial charge < -0.3 is 4.98 Å². The van der Waals surface area contributed by atoms with Gasteiger partial charge >= 0.3 is 6.18 Å². The molecule has 1 rings (SSSR count). The van der Waals surface area contributed by atoms with Crippen molar-refractivity contribution in [2.24, 2.45) is 0 Å². The highest BCUT2D eigenvalue weighted by atomic mass is 19.4. The number of halogens is 3. The van der Waals surface area contributed by atoms with E-state index < -0.39 is 12.0 Å². The van der Waals surface area contributed by atoms with Crippen molar-refractivity contribution >= 4 is 0 Å². The average molecular weight is 220 g/mol. The Morgan fingerprint density at radius 2 is 1.60 bits per heavy atom. The van der Waals surface area contributed by atoms with E-state index in [1.807, 2.05) is 27.7 Å². The van der Waals surface area contributed by atoms with E-state index in [1.165, 1.54) is 0 Å². The predicted octanol–water partition coefficient (Wildman–Crippen LogP) is 3.68. The maximum atomic E-state index is 12.4. The second-order valence-electron chi connectivity index (χ2n) is 4.19. The van der Waals surface area contributed by atoms with Crippen LogP contribution in [-0.4, -0.2) is 9.97 Å². The molecule has 0 atom stereocenters. The first kappa shape index (κ1) is 12.1. The van der Waals surface area contributed by atoms with Crippen molar-refractivity contribution in [3.8, 4) is 0 Å². The van der Waals surface area contributed by atoms with E-state index in [9.17, 15) is 13.2 Å². The second-order valence-corrected chi connectivity index (χ2v) is 4.19. The summed E-state index contributed by atoms with van der Waals surface area (Å²) < 4.78 is 37.2. The fourth-order valence-corrected chi connectivity index (χ4v) is 1.41. The van der Waals surface area contributed by atoms with Crippen LogP contribution in [-0.2, 0) is 6.18 Å². The van der Waals surface area contributed by atoms with Crippen LogP contribution in [0.4, 0.5) is 13.2 Å². The van der Waals surface area contributed by atoms with Crippen LogP contribution < -0.4 is 0 Å². The maximum Gasteiger partial charge on any atom is 0.449 e. The summed E-state index contributed by atoms with van der Waals surface area (Å²) in [6, 6.07) is 0. The van der Waals surface area contributed by atoms with Crippen molar-refractivity contribution in [3.05, 3.63) is 17.2 Å². The van der Waals surface area contributed by atoms with Gasteiger partial charge in [0.15, 0.2) is 0 Å². The molecule has 0 fully saturated rings. The highest BCUT2D eigenvalue weighted by Gasteiger charge is 2.36. The number of H-pyrrole nitrogens is 1. The Morgan fingerprint density at radius 3 is 1.87 bits per heavy atom. The Balaban J connectivity index is 3.21. The van der Waals surface area contributed by atoms with Gasteiger partial charge in [-0.05, 0) is 11.8 Å². The molecule has 0 bridgehead atoms. The van der Waals surface area contributed by atoms with E-state index in [1.54, 1.807) is 0 Å². The topological polar surface area (TPSA) is 28.7 Å². The van der Waals surface area contributed by atoms with E-state index >= 15 is 0 Å². The fraction of sp³-hybridized carbons (Fsp3) is 0.700. The summed E-state index contributed by atoms with van der Waals surface area (Å²) in [7, 11) is 0. The summed E-state index contributed by atoms with van der Waals surface area (Å²) in [6.07, 6.45) is -4.39. The van der Waals surface area contributed by atoms with Gasteiger partial charge in [-0.15, -0.1) is 0 Å². The van der Waals surface area contributed by atoms with Crippen molar-refractivity contribution in [3.63, 3.8) is 0 Å². The molecule has 0 amide bonds. The van der Waals surface area contributed by atoms with Gasteiger partial charge in [-0.2, -0.15) is 13.2 Å². The number of aromatic amines is 1. The molecule has 0 aliphatic carbocycles. The summed E-state index contributed by atoms with van der Waals surface area (Å²) in [5.41, 5.74) is 1.09. The van der Waals surface area contributed by atoms with E-state index in [4.69, 9.17) is 0 Å². The molecule has 0 radical (unpaired) electrons. The van der Waals surface area contributed by atoms with Crippen molar-refractivity contribution in [2.45, 2.75) is 45.7 Å². The Hall–Kier alpha value is -1.00. The van der Waals surface area contributed by atoms with Crippen LogP contribution in [0.25, 0.3) is 0 Å². The molecule has 15 heavy (non-hydrogen) atoms. The third-order valence-corrected chi connectivity index (χ3v) is 2.15. The minimum atomic E-state index is -4.39. The number of imidazole rings is 1. The number of hydrogen-bond donors (Lipinski definition) is 1. The Bertz CT molecular complexity index is 311. The normalized spacial score (nSPS) is 12.9. The smallest absolute Gasteiger partial charge is 0.338 e. The number of nitrogens with zero attached hydrogens (tertiary/aromatic N) is 1. The van der Waals surface area contributed by atoms with Gasteiger partial charge in [0.2, 0.25) is 5.82 Å². The number of nitrogens with one attached hydrogen (secondary N) is 1. The maximum absolute atomic E-state index is 12.4. The highest BCUT2D eigenvalue weighted by Crippen LogP contribution is 2.31. The molecule has 0 aliphatic rings. The second kappa shape index (κ2) is 3.87. The minimum Gasteiger partial charge on any atom is -0.338 e. The molecule has 0 aromatic carbocycles. The number of rotatable bonds is 2. The molecule has 0 saturated heterocycles. The van der Waals surface area contributed by atoms with Crippen LogP contribution in [0.15, 0.2) is 0 Å². The van der Waals surface area contributed by atoms with Gasteiger partial charge in [-0.1, -0.05) is 27.7 Å². The number of alkyl halides is 3. The van der Waals surface area contributed by atoms with Gasteiger partial charge in [0.05, 0.1) is 5.69 Å². The number of aromatic nitrogens is 2. The van der Waals surface area contributed by atoms with E-state index in [2.05, 4.69) is 9.97 Å². The molecule has 1 N–H and O–H groups in total. The van der Waals surface area contributed by atoms with E-state index in [-0.39, 0.29) is 11.8 Å². The fourth-order valence-electron chi connectivity index (χ4n) is 1.41. The average Bonchev–Trinajstić information content (AvgIpc) is 2.45. The van der Waals surface area contributed by atoms with Crippen LogP contribution in [0.3, 0.4) is 0 Å². The molecule has 1 heterocycles. The van der Waals surface area contributed by atoms with Crippen LogP contribution in [0, 0.1) is 0 Å². The van der Waals surface area contributed by atoms with Crippen molar-refractivity contribution in [2.75, 3.05) is 0 Å². The van der Waals surface area contributed by atoms with Gasteiger partial charge in [0.1, 0.15) is 0 Å². The molecule has 1 aromatic rings. The predicted molar refractivity (Wildman–Crippen MR) is 51.8 cm³/mol. The molecule has 5 heteroatoms. The standard InChI is InChI=1S/C10H15F3N2/c1-5(2)7-8(6(3)4)15-9(14-7)10(11,12)13/h5-6H,1-4H3,(H,14,15). The Labute approximate surface area is 86.9 Å².